The fraction of sp³-hybridized carbons (Fsp3) is 0.814. The van der Waals surface area contributed by atoms with Crippen LogP contribution in [-0.4, -0.2) is 74.9 Å². The molecule has 310 valence electrons. The van der Waals surface area contributed by atoms with E-state index in [9.17, 15) is 19.0 Å². The first kappa shape index (κ1) is 51.2. The summed E-state index contributed by atoms with van der Waals surface area (Å²) in [5.41, 5.74) is 0. The Labute approximate surface area is 325 Å². The number of phosphoric acid groups is 1. The van der Waals surface area contributed by atoms with Gasteiger partial charge in [0, 0.05) is 12.8 Å². The Kier molecular flexibility index (Phi) is 34.7. The van der Waals surface area contributed by atoms with Crippen LogP contribution in [-0.2, 0) is 32.7 Å². The Hall–Kier alpha value is -1.77. The van der Waals surface area contributed by atoms with Crippen LogP contribution in [0.2, 0.25) is 0 Å². The number of rotatable bonds is 38. The van der Waals surface area contributed by atoms with E-state index in [1.807, 2.05) is 21.1 Å². The number of nitrogens with zero attached hydrogens (tertiary/aromatic N) is 1. The number of hydrogen-bond donors (Lipinski definition) is 1. The monoisotopic (exact) mass is 771 g/mol. The molecule has 0 aliphatic carbocycles. The maximum Gasteiger partial charge on any atom is 0.472 e. The molecule has 0 radical (unpaired) electrons. The summed E-state index contributed by atoms with van der Waals surface area (Å²) >= 11 is 0. The Morgan fingerprint density at radius 2 is 1.02 bits per heavy atom. The summed E-state index contributed by atoms with van der Waals surface area (Å²) in [7, 11) is 1.46. The number of likely N-dealkylation sites (N-methyl/N-ethyl adjacent to an activating group) is 1. The van der Waals surface area contributed by atoms with Crippen molar-refractivity contribution in [2.24, 2.45) is 0 Å². The Bertz CT molecular complexity index is 1010. The van der Waals surface area contributed by atoms with Crippen LogP contribution in [0, 0.1) is 0 Å². The minimum Gasteiger partial charge on any atom is -0.462 e. The zero-order valence-corrected chi connectivity index (χ0v) is 35.6. The second-order valence-corrected chi connectivity index (χ2v) is 16.8. The molecule has 2 unspecified atom stereocenters. The van der Waals surface area contributed by atoms with Gasteiger partial charge in [-0.25, -0.2) is 4.57 Å². The van der Waals surface area contributed by atoms with Crippen LogP contribution in [0.5, 0.6) is 0 Å². The van der Waals surface area contributed by atoms with Crippen molar-refractivity contribution < 1.29 is 42.1 Å². The summed E-state index contributed by atoms with van der Waals surface area (Å²) in [6.07, 6.45) is 39.2. The topological polar surface area (TPSA) is 108 Å². The molecule has 0 aromatic rings. The number of quaternary nitrogens is 1. The number of carbonyl (C=O) groups is 2. The molecule has 53 heavy (non-hydrogen) atoms. The molecule has 0 bridgehead atoms. The van der Waals surface area contributed by atoms with Crippen LogP contribution in [0.15, 0.2) is 36.5 Å². The molecule has 0 aliphatic rings. The lowest BCUT2D eigenvalue weighted by Crippen LogP contribution is -2.37. The molecule has 1 N–H and O–H groups in total. The van der Waals surface area contributed by atoms with Crippen molar-refractivity contribution in [1.82, 2.24) is 0 Å². The third-order valence-corrected chi connectivity index (χ3v) is 9.91. The normalized spacial score (nSPS) is 14.0. The van der Waals surface area contributed by atoms with Gasteiger partial charge < -0.3 is 18.9 Å². The molecule has 0 amide bonds. The van der Waals surface area contributed by atoms with Crippen molar-refractivity contribution in [2.45, 2.75) is 180 Å². The van der Waals surface area contributed by atoms with Gasteiger partial charge in [0.2, 0.25) is 0 Å². The zero-order chi connectivity index (χ0) is 39.3. The van der Waals surface area contributed by atoms with Gasteiger partial charge in [0.05, 0.1) is 27.7 Å². The van der Waals surface area contributed by atoms with E-state index < -0.39 is 26.5 Å². The Balaban J connectivity index is 4.31. The molecule has 9 nitrogen and oxygen atoms in total. The number of unbranched alkanes of at least 4 members (excludes halogenated alkanes) is 18. The van der Waals surface area contributed by atoms with Crippen molar-refractivity contribution in [3.63, 3.8) is 0 Å². The van der Waals surface area contributed by atoms with Gasteiger partial charge in [-0.3, -0.25) is 18.6 Å². The van der Waals surface area contributed by atoms with Crippen LogP contribution < -0.4 is 0 Å². The highest BCUT2D eigenvalue weighted by Crippen LogP contribution is 2.43. The summed E-state index contributed by atoms with van der Waals surface area (Å²) in [4.78, 5) is 35.2. The number of allylic oxidation sites excluding steroid dienone is 6. The van der Waals surface area contributed by atoms with Crippen LogP contribution in [0.25, 0.3) is 0 Å². The smallest absolute Gasteiger partial charge is 0.462 e. The lowest BCUT2D eigenvalue weighted by Gasteiger charge is -2.24. The molecule has 0 aromatic carbocycles. The fourth-order valence-electron chi connectivity index (χ4n) is 5.55. The lowest BCUT2D eigenvalue weighted by molar-refractivity contribution is -0.870. The molecule has 0 heterocycles. The van der Waals surface area contributed by atoms with E-state index in [2.05, 4.69) is 50.3 Å². The van der Waals surface area contributed by atoms with Crippen LogP contribution in [0.3, 0.4) is 0 Å². The fourth-order valence-corrected chi connectivity index (χ4v) is 6.29. The van der Waals surface area contributed by atoms with E-state index >= 15 is 0 Å². The standard InChI is InChI=1S/C43H80NO8P/c1-6-8-10-12-14-16-17-18-19-20-21-22-23-24-25-26-27-28-30-32-34-36-43(46)52-41(40-51-53(47,48)50-38-37-44(3,4)5)39-49-42(45)35-33-31-29-15-13-11-9-7-2/h17-18,20-21,23-24,41H,6-16,19,22,25-40H2,1-5H3/p+1/b18-17-,21-20-,24-23-. The van der Waals surface area contributed by atoms with Gasteiger partial charge in [0.25, 0.3) is 0 Å². The van der Waals surface area contributed by atoms with E-state index in [4.69, 9.17) is 18.5 Å². The number of esters is 2. The molecular weight excluding hydrogens is 689 g/mol. The predicted octanol–water partition coefficient (Wildman–Crippen LogP) is 11.7. The second kappa shape index (κ2) is 35.9. The zero-order valence-electron chi connectivity index (χ0n) is 34.7. The summed E-state index contributed by atoms with van der Waals surface area (Å²) < 4.78 is 34.2. The highest BCUT2D eigenvalue weighted by atomic mass is 31.2. The number of carbonyl (C=O) groups excluding carboxylic acids is 2. The average molecular weight is 771 g/mol. The van der Waals surface area contributed by atoms with Gasteiger partial charge >= 0.3 is 19.8 Å². The SMILES string of the molecule is CCCCCCC/C=C\C/C=C\C/C=C\CCCCCCCCC(=O)OC(COC(=O)CCCCCCCCCC)COP(=O)(O)OCC[N+](C)(C)C. The molecule has 0 saturated heterocycles. The highest BCUT2D eigenvalue weighted by Gasteiger charge is 2.27. The van der Waals surface area contributed by atoms with E-state index in [0.717, 1.165) is 70.6 Å². The third kappa shape index (κ3) is 39.7. The number of hydrogen-bond acceptors (Lipinski definition) is 7. The summed E-state index contributed by atoms with van der Waals surface area (Å²) in [6.45, 7) is 4.35. The molecule has 0 saturated carbocycles. The molecule has 0 rings (SSSR count). The van der Waals surface area contributed by atoms with Crippen LogP contribution in [0.4, 0.5) is 0 Å². The van der Waals surface area contributed by atoms with Gasteiger partial charge in [-0.05, 0) is 51.4 Å². The molecule has 2 atom stereocenters. The van der Waals surface area contributed by atoms with Gasteiger partial charge in [-0.2, -0.15) is 0 Å². The van der Waals surface area contributed by atoms with Gasteiger partial charge in [-0.15, -0.1) is 0 Å². The largest absolute Gasteiger partial charge is 0.472 e. The first-order chi connectivity index (χ1) is 25.5. The molecule has 10 heteroatoms. The minimum absolute atomic E-state index is 0.0290. The van der Waals surface area contributed by atoms with Crippen molar-refractivity contribution in [1.29, 1.82) is 0 Å². The number of phosphoric ester groups is 1. The Morgan fingerprint density at radius 1 is 0.585 bits per heavy atom. The Morgan fingerprint density at radius 3 is 1.51 bits per heavy atom. The van der Waals surface area contributed by atoms with Crippen molar-refractivity contribution in [3.8, 4) is 0 Å². The maximum atomic E-state index is 12.6. The minimum atomic E-state index is -4.37. The van der Waals surface area contributed by atoms with Crippen molar-refractivity contribution in [3.05, 3.63) is 36.5 Å². The average Bonchev–Trinajstić information content (AvgIpc) is 3.10. The molecule has 0 fully saturated rings. The molecule has 0 aliphatic heterocycles. The summed E-state index contributed by atoms with van der Waals surface area (Å²) in [5.74, 6) is -0.817. The van der Waals surface area contributed by atoms with E-state index in [-0.39, 0.29) is 32.0 Å². The van der Waals surface area contributed by atoms with Gasteiger partial charge in [0.15, 0.2) is 6.10 Å². The van der Waals surface area contributed by atoms with E-state index in [0.29, 0.717) is 17.4 Å². The first-order valence-electron chi connectivity index (χ1n) is 21.2. The van der Waals surface area contributed by atoms with Gasteiger partial charge in [0.1, 0.15) is 19.8 Å². The summed E-state index contributed by atoms with van der Waals surface area (Å²) in [6, 6.07) is 0. The predicted molar refractivity (Wildman–Crippen MR) is 220 cm³/mol. The molecule has 0 aromatic heterocycles. The van der Waals surface area contributed by atoms with Crippen molar-refractivity contribution in [2.75, 3.05) is 47.5 Å². The lowest BCUT2D eigenvalue weighted by atomic mass is 10.1. The summed E-state index contributed by atoms with van der Waals surface area (Å²) in [5, 5.41) is 0. The second-order valence-electron chi connectivity index (χ2n) is 15.4. The number of ether oxygens (including phenoxy) is 2. The third-order valence-electron chi connectivity index (χ3n) is 8.92. The van der Waals surface area contributed by atoms with E-state index in [1.165, 1.54) is 70.6 Å². The van der Waals surface area contributed by atoms with Crippen molar-refractivity contribution >= 4 is 19.8 Å². The first-order valence-corrected chi connectivity index (χ1v) is 22.7. The molecule has 0 spiro atoms. The van der Waals surface area contributed by atoms with Crippen LogP contribution >= 0.6 is 7.82 Å². The molecular formula is C43H81NO8P+. The quantitative estimate of drug-likeness (QED) is 0.0217. The van der Waals surface area contributed by atoms with E-state index in [1.54, 1.807) is 0 Å². The van der Waals surface area contributed by atoms with Crippen LogP contribution in [0.1, 0.15) is 174 Å². The highest BCUT2D eigenvalue weighted by molar-refractivity contribution is 7.47. The maximum absolute atomic E-state index is 12.6. The van der Waals surface area contributed by atoms with Gasteiger partial charge in [-0.1, -0.05) is 147 Å².